The molecule has 1 atom stereocenters. The van der Waals surface area contributed by atoms with Gasteiger partial charge < -0.3 is 14.7 Å². The van der Waals surface area contributed by atoms with Gasteiger partial charge >= 0.3 is 12.1 Å². The number of rotatable bonds is 3. The number of hydrogen-bond donors (Lipinski definition) is 1. The van der Waals surface area contributed by atoms with E-state index >= 15 is 0 Å². The summed E-state index contributed by atoms with van der Waals surface area (Å²) in [6.07, 6.45) is 1.23. The highest BCUT2D eigenvalue weighted by Crippen LogP contribution is 2.36. The van der Waals surface area contributed by atoms with Gasteiger partial charge in [0, 0.05) is 13.1 Å². The Morgan fingerprint density at radius 2 is 1.77 bits per heavy atom. The highest BCUT2D eigenvalue weighted by molar-refractivity contribution is 5.77. The molecule has 5 heteroatoms. The molecule has 5 nitrogen and oxygen atoms in total. The van der Waals surface area contributed by atoms with Crippen molar-refractivity contribution in [2.45, 2.75) is 66.4 Å². The molecule has 1 fully saturated rings. The molecule has 0 spiro atoms. The lowest BCUT2D eigenvalue weighted by Crippen LogP contribution is -2.52. The van der Waals surface area contributed by atoms with E-state index in [1.54, 1.807) is 4.90 Å². The van der Waals surface area contributed by atoms with Crippen LogP contribution >= 0.6 is 0 Å². The van der Waals surface area contributed by atoms with Crippen molar-refractivity contribution >= 4 is 12.1 Å². The van der Waals surface area contributed by atoms with Crippen LogP contribution in [-0.4, -0.2) is 40.8 Å². The Morgan fingerprint density at radius 3 is 2.27 bits per heavy atom. The molecule has 1 unspecified atom stereocenters. The van der Waals surface area contributed by atoms with Gasteiger partial charge in [0.05, 0.1) is 5.41 Å². The van der Waals surface area contributed by atoms with Crippen LogP contribution in [0.4, 0.5) is 4.79 Å². The fourth-order valence-electron chi connectivity index (χ4n) is 3.84. The van der Waals surface area contributed by atoms with E-state index < -0.39 is 23.1 Å². The molecule has 1 saturated heterocycles. The average Bonchev–Trinajstić information content (AvgIpc) is 2.49. The fraction of sp³-hybridized carbons (Fsp3) is 0.619. The van der Waals surface area contributed by atoms with Gasteiger partial charge in [0.15, 0.2) is 0 Å². The van der Waals surface area contributed by atoms with Gasteiger partial charge in [-0.1, -0.05) is 17.7 Å². The van der Waals surface area contributed by atoms with Crippen LogP contribution in [0.3, 0.4) is 0 Å². The predicted molar refractivity (Wildman–Crippen MR) is 101 cm³/mol. The Bertz CT molecular complexity index is 681. The second-order valence-electron chi connectivity index (χ2n) is 8.64. The molecule has 2 rings (SSSR count). The number of aliphatic carboxylic acids is 1. The number of ether oxygens (including phenoxy) is 1. The molecule has 0 aromatic heterocycles. The number of benzene rings is 1. The zero-order valence-corrected chi connectivity index (χ0v) is 16.8. The zero-order valence-electron chi connectivity index (χ0n) is 16.8. The smallest absolute Gasteiger partial charge is 0.410 e. The van der Waals surface area contributed by atoms with Crippen molar-refractivity contribution in [3.63, 3.8) is 0 Å². The maximum absolute atomic E-state index is 12.5. The van der Waals surface area contributed by atoms with Gasteiger partial charge in [-0.25, -0.2) is 4.79 Å². The van der Waals surface area contributed by atoms with E-state index in [9.17, 15) is 14.7 Å². The molecule has 1 aromatic carbocycles. The highest BCUT2D eigenvalue weighted by atomic mass is 16.6. The molecule has 0 aliphatic carbocycles. The summed E-state index contributed by atoms with van der Waals surface area (Å²) in [6.45, 7) is 12.3. The minimum Gasteiger partial charge on any atom is -0.481 e. The van der Waals surface area contributed by atoms with Crippen LogP contribution in [0.1, 0.15) is 55.9 Å². The number of nitrogens with zero attached hydrogens (tertiary/aromatic N) is 1. The van der Waals surface area contributed by atoms with Crippen LogP contribution in [0.5, 0.6) is 0 Å². The van der Waals surface area contributed by atoms with E-state index in [1.807, 2.05) is 41.5 Å². The van der Waals surface area contributed by atoms with E-state index in [4.69, 9.17) is 4.74 Å². The van der Waals surface area contributed by atoms with Crippen molar-refractivity contribution in [2.24, 2.45) is 5.41 Å². The lowest BCUT2D eigenvalue weighted by molar-refractivity contribution is -0.152. The van der Waals surface area contributed by atoms with Crippen molar-refractivity contribution < 1.29 is 19.4 Å². The first-order valence-electron chi connectivity index (χ1n) is 9.22. The summed E-state index contributed by atoms with van der Waals surface area (Å²) >= 11 is 0. The summed E-state index contributed by atoms with van der Waals surface area (Å²) in [5.74, 6) is -0.842. The quantitative estimate of drug-likeness (QED) is 0.874. The molecule has 0 bridgehead atoms. The lowest BCUT2D eigenvalue weighted by atomic mass is 9.73. The monoisotopic (exact) mass is 361 g/mol. The van der Waals surface area contributed by atoms with Crippen molar-refractivity contribution in [1.82, 2.24) is 4.90 Å². The predicted octanol–water partition coefficient (Wildman–Crippen LogP) is 4.26. The second kappa shape index (κ2) is 7.29. The number of amides is 1. The maximum atomic E-state index is 12.5. The zero-order chi connectivity index (χ0) is 19.7. The van der Waals surface area contributed by atoms with Crippen LogP contribution < -0.4 is 0 Å². The number of aryl methyl sites for hydroxylation is 3. The number of likely N-dealkylation sites (tertiary alicyclic amines) is 1. The van der Waals surface area contributed by atoms with Crippen LogP contribution in [0.15, 0.2) is 12.1 Å². The Labute approximate surface area is 156 Å². The minimum absolute atomic E-state index is 0.185. The highest BCUT2D eigenvalue weighted by Gasteiger charge is 2.45. The lowest BCUT2D eigenvalue weighted by Gasteiger charge is -2.40. The first-order valence-corrected chi connectivity index (χ1v) is 9.22. The third kappa shape index (κ3) is 4.57. The average molecular weight is 361 g/mol. The van der Waals surface area contributed by atoms with Crippen LogP contribution in [-0.2, 0) is 16.0 Å². The molecule has 0 saturated carbocycles. The summed E-state index contributed by atoms with van der Waals surface area (Å²) < 4.78 is 5.46. The summed E-state index contributed by atoms with van der Waals surface area (Å²) in [6, 6.07) is 4.18. The number of carboxylic acids is 1. The summed E-state index contributed by atoms with van der Waals surface area (Å²) in [5, 5.41) is 10.0. The molecule has 0 radical (unpaired) electrons. The van der Waals surface area contributed by atoms with Crippen LogP contribution in [0.25, 0.3) is 0 Å². The summed E-state index contributed by atoms with van der Waals surface area (Å²) in [5.41, 5.74) is 2.90. The van der Waals surface area contributed by atoms with E-state index in [2.05, 4.69) is 12.1 Å². The number of carboxylic acid groups (broad SMARTS) is 1. The van der Waals surface area contributed by atoms with Crippen molar-refractivity contribution in [2.75, 3.05) is 13.1 Å². The molecule has 26 heavy (non-hydrogen) atoms. The van der Waals surface area contributed by atoms with Gasteiger partial charge in [-0.15, -0.1) is 0 Å². The molecule has 1 aliphatic heterocycles. The molecule has 1 aromatic rings. The van der Waals surface area contributed by atoms with Gasteiger partial charge in [0.2, 0.25) is 0 Å². The second-order valence-corrected chi connectivity index (χ2v) is 8.64. The van der Waals surface area contributed by atoms with Gasteiger partial charge in [0.1, 0.15) is 5.60 Å². The third-order valence-corrected chi connectivity index (χ3v) is 5.04. The van der Waals surface area contributed by atoms with Gasteiger partial charge in [-0.3, -0.25) is 4.79 Å². The van der Waals surface area contributed by atoms with E-state index in [-0.39, 0.29) is 6.54 Å². The SMILES string of the molecule is Cc1cc(C)c(CC2(C(=O)O)CCCN(C(=O)OC(C)(C)C)C2)c(C)c1. The minimum atomic E-state index is -0.972. The normalized spacial score (nSPS) is 20.8. The summed E-state index contributed by atoms with van der Waals surface area (Å²) in [7, 11) is 0. The topological polar surface area (TPSA) is 66.8 Å². The Morgan fingerprint density at radius 1 is 1.19 bits per heavy atom. The van der Waals surface area contributed by atoms with E-state index in [0.717, 1.165) is 16.7 Å². The van der Waals surface area contributed by atoms with Crippen LogP contribution in [0.2, 0.25) is 0 Å². The van der Waals surface area contributed by atoms with Gasteiger partial charge in [0.25, 0.3) is 0 Å². The number of piperidine rings is 1. The summed E-state index contributed by atoms with van der Waals surface area (Å²) in [4.78, 5) is 26.3. The molecule has 1 heterocycles. The van der Waals surface area contributed by atoms with Gasteiger partial charge in [-0.05, 0) is 77.5 Å². The molecular formula is C21H31NO4. The Kier molecular flexibility index (Phi) is 5.69. The number of hydrogen-bond acceptors (Lipinski definition) is 3. The molecule has 1 N–H and O–H groups in total. The largest absolute Gasteiger partial charge is 0.481 e. The molecule has 1 amide bonds. The van der Waals surface area contributed by atoms with Gasteiger partial charge in [-0.2, -0.15) is 0 Å². The maximum Gasteiger partial charge on any atom is 0.410 e. The van der Waals surface area contributed by atoms with Crippen molar-refractivity contribution in [3.05, 3.63) is 34.4 Å². The number of carbonyl (C=O) groups excluding carboxylic acids is 1. The number of carbonyl (C=O) groups is 2. The Hall–Kier alpha value is -2.04. The Balaban J connectivity index is 2.30. The first-order chi connectivity index (χ1) is 11.9. The first kappa shape index (κ1) is 20.3. The molecular weight excluding hydrogens is 330 g/mol. The molecule has 1 aliphatic rings. The van der Waals surface area contributed by atoms with Crippen molar-refractivity contribution in [1.29, 1.82) is 0 Å². The third-order valence-electron chi connectivity index (χ3n) is 5.04. The van der Waals surface area contributed by atoms with Crippen LogP contribution in [0, 0.1) is 26.2 Å². The molecule has 144 valence electrons. The fourth-order valence-corrected chi connectivity index (χ4v) is 3.84. The van der Waals surface area contributed by atoms with E-state index in [1.165, 1.54) is 5.56 Å². The van der Waals surface area contributed by atoms with E-state index in [0.29, 0.717) is 25.8 Å². The van der Waals surface area contributed by atoms with Crippen molar-refractivity contribution in [3.8, 4) is 0 Å². The standard InChI is InChI=1S/C21H31NO4/c1-14-10-15(2)17(16(3)11-14)12-21(18(23)24)8-7-9-22(13-21)19(25)26-20(4,5)6/h10-11H,7-9,12-13H2,1-6H3,(H,23,24).